The predicted octanol–water partition coefficient (Wildman–Crippen LogP) is 3.59. The highest BCUT2D eigenvalue weighted by molar-refractivity contribution is 5.84. The van der Waals surface area contributed by atoms with Gasteiger partial charge >= 0.3 is 6.18 Å². The minimum atomic E-state index is -4.58. The van der Waals surface area contributed by atoms with E-state index in [0.717, 1.165) is 10.7 Å². The molecule has 0 saturated heterocycles. The molecule has 0 spiro atoms. The molecule has 7 heteroatoms. The summed E-state index contributed by atoms with van der Waals surface area (Å²) >= 11 is 0. The maximum Gasteiger partial charge on any atom is 0.418 e. The summed E-state index contributed by atoms with van der Waals surface area (Å²) < 4.78 is 54.6. The van der Waals surface area contributed by atoms with E-state index in [-0.39, 0.29) is 23.7 Å². The third-order valence-electron chi connectivity index (χ3n) is 3.90. The molecule has 0 bridgehead atoms. The Balaban J connectivity index is 2.23. The van der Waals surface area contributed by atoms with Crippen LogP contribution in [0.2, 0.25) is 0 Å². The van der Waals surface area contributed by atoms with Gasteiger partial charge in [0.1, 0.15) is 0 Å². The zero-order chi connectivity index (χ0) is 15.6. The van der Waals surface area contributed by atoms with Crippen LogP contribution in [0.3, 0.4) is 0 Å². The van der Waals surface area contributed by atoms with Gasteiger partial charge in [-0.25, -0.2) is 0 Å². The largest absolute Gasteiger partial charge is 0.418 e. The van der Waals surface area contributed by atoms with Crippen LogP contribution in [0.25, 0.3) is 10.9 Å². The minimum Gasteiger partial charge on any atom is -0.390 e. The Labute approximate surface area is 118 Å². The van der Waals surface area contributed by atoms with Gasteiger partial charge in [-0.05, 0) is 44.4 Å². The molecule has 1 fully saturated rings. The summed E-state index contributed by atoms with van der Waals surface area (Å²) in [6.07, 6.45) is -4.07. The Morgan fingerprint density at radius 3 is 2.48 bits per heavy atom. The van der Waals surface area contributed by atoms with Gasteiger partial charge in [0.05, 0.1) is 28.1 Å². The van der Waals surface area contributed by atoms with E-state index in [2.05, 4.69) is 5.10 Å². The Kier molecular flexibility index (Phi) is 2.86. The van der Waals surface area contributed by atoms with Gasteiger partial charge in [-0.3, -0.25) is 4.68 Å². The number of rotatable bonds is 1. The van der Waals surface area contributed by atoms with E-state index in [0.29, 0.717) is 5.56 Å². The highest BCUT2D eigenvalue weighted by atomic mass is 19.4. The van der Waals surface area contributed by atoms with E-state index < -0.39 is 29.3 Å². The van der Waals surface area contributed by atoms with Gasteiger partial charge in [0.2, 0.25) is 5.95 Å². The highest BCUT2D eigenvalue weighted by Gasteiger charge is 2.43. The lowest BCUT2D eigenvalue weighted by atomic mass is 9.77. The van der Waals surface area contributed by atoms with Crippen LogP contribution in [-0.4, -0.2) is 20.5 Å². The van der Waals surface area contributed by atoms with Gasteiger partial charge in [-0.1, -0.05) is 0 Å². The molecule has 0 radical (unpaired) electrons. The van der Waals surface area contributed by atoms with Gasteiger partial charge in [0.15, 0.2) is 0 Å². The molecular weight excluding hydrogens is 288 g/mol. The van der Waals surface area contributed by atoms with Crippen LogP contribution in [0, 0.1) is 12.9 Å². The maximum atomic E-state index is 13.9. The van der Waals surface area contributed by atoms with Crippen molar-refractivity contribution < 1.29 is 22.7 Å². The molecule has 1 saturated carbocycles. The monoisotopic (exact) mass is 302 g/mol. The van der Waals surface area contributed by atoms with Crippen LogP contribution in [0.15, 0.2) is 12.1 Å². The predicted molar refractivity (Wildman–Crippen MR) is 68.3 cm³/mol. The first kappa shape index (κ1) is 14.3. The molecule has 1 aliphatic carbocycles. The topological polar surface area (TPSA) is 38.0 Å². The van der Waals surface area contributed by atoms with Gasteiger partial charge in [-0.15, -0.1) is 5.10 Å². The first-order chi connectivity index (χ1) is 9.58. The molecule has 0 amide bonds. The lowest BCUT2D eigenvalue weighted by Gasteiger charge is -2.41. The molecule has 1 aromatic carbocycles. The number of halogens is 4. The second kappa shape index (κ2) is 4.19. The number of aryl methyl sites for hydroxylation is 1. The Morgan fingerprint density at radius 1 is 1.33 bits per heavy atom. The molecule has 114 valence electrons. The van der Waals surface area contributed by atoms with Crippen molar-refractivity contribution in [2.45, 2.75) is 44.5 Å². The summed E-state index contributed by atoms with van der Waals surface area (Å²) in [6, 6.07) is 1.94. The summed E-state index contributed by atoms with van der Waals surface area (Å²) in [6.45, 7) is 3.08. The summed E-state index contributed by atoms with van der Waals surface area (Å²) in [5.41, 5.74) is -1.73. The first-order valence-corrected chi connectivity index (χ1v) is 6.56. The van der Waals surface area contributed by atoms with Crippen molar-refractivity contribution in [2.75, 3.05) is 0 Å². The van der Waals surface area contributed by atoms with Gasteiger partial charge in [-0.2, -0.15) is 17.6 Å². The third kappa shape index (κ3) is 2.29. The Bertz CT molecular complexity index is 710. The van der Waals surface area contributed by atoms with Crippen LogP contribution in [-0.2, 0) is 6.18 Å². The average Bonchev–Trinajstić information content (AvgIpc) is 2.61. The molecular formula is C14H14F4N2O. The fraction of sp³-hybridized carbons (Fsp3) is 0.500. The Hall–Kier alpha value is -1.63. The van der Waals surface area contributed by atoms with E-state index in [1.165, 1.54) is 13.0 Å². The molecule has 2 aromatic rings. The molecule has 1 aliphatic rings. The second-order valence-electron chi connectivity index (χ2n) is 6.00. The third-order valence-corrected chi connectivity index (χ3v) is 3.90. The number of nitrogens with zero attached hydrogens (tertiary/aromatic N) is 2. The van der Waals surface area contributed by atoms with Crippen molar-refractivity contribution in [3.63, 3.8) is 0 Å². The number of alkyl halides is 3. The quantitative estimate of drug-likeness (QED) is 0.818. The average molecular weight is 302 g/mol. The van der Waals surface area contributed by atoms with Crippen molar-refractivity contribution in [1.82, 2.24) is 9.78 Å². The van der Waals surface area contributed by atoms with Crippen LogP contribution in [0.4, 0.5) is 17.6 Å². The molecule has 3 nitrogen and oxygen atoms in total. The van der Waals surface area contributed by atoms with E-state index in [4.69, 9.17) is 0 Å². The first-order valence-electron chi connectivity index (χ1n) is 6.56. The van der Waals surface area contributed by atoms with Crippen molar-refractivity contribution >= 4 is 10.9 Å². The van der Waals surface area contributed by atoms with Crippen LogP contribution < -0.4 is 0 Å². The molecule has 3 rings (SSSR count). The zero-order valence-electron chi connectivity index (χ0n) is 11.5. The fourth-order valence-corrected chi connectivity index (χ4v) is 2.99. The van der Waals surface area contributed by atoms with Crippen molar-refractivity contribution in [3.8, 4) is 0 Å². The SMILES string of the molecule is Cc1cc(C(F)(F)F)c2c(c1)c(F)nn2C1CC(C)(O)C1. The van der Waals surface area contributed by atoms with Gasteiger partial charge in [0.25, 0.3) is 0 Å². The van der Waals surface area contributed by atoms with Gasteiger partial charge in [0, 0.05) is 0 Å². The molecule has 0 aliphatic heterocycles. The van der Waals surface area contributed by atoms with Crippen molar-refractivity contribution in [2.24, 2.45) is 0 Å². The van der Waals surface area contributed by atoms with Crippen molar-refractivity contribution in [3.05, 3.63) is 29.2 Å². The fourth-order valence-electron chi connectivity index (χ4n) is 2.99. The van der Waals surface area contributed by atoms with Gasteiger partial charge < -0.3 is 5.11 Å². The molecule has 21 heavy (non-hydrogen) atoms. The molecule has 1 aromatic heterocycles. The number of hydrogen-bond donors (Lipinski definition) is 1. The summed E-state index contributed by atoms with van der Waals surface area (Å²) in [4.78, 5) is 0. The molecule has 0 atom stereocenters. The standard InChI is InChI=1S/C14H14F4N2O/c1-7-3-9-11(10(4-7)14(16,17)18)20(19-12(9)15)8-5-13(2,21)6-8/h3-4,8,21H,5-6H2,1-2H3. The highest BCUT2D eigenvalue weighted by Crippen LogP contribution is 2.44. The second-order valence-corrected chi connectivity index (χ2v) is 6.00. The van der Waals surface area contributed by atoms with E-state index in [1.54, 1.807) is 6.92 Å². The smallest absolute Gasteiger partial charge is 0.390 e. The Morgan fingerprint density at radius 2 is 1.95 bits per heavy atom. The maximum absolute atomic E-state index is 13.9. The summed E-state index contributed by atoms with van der Waals surface area (Å²) in [5, 5.41) is 13.2. The normalized spacial score (nSPS) is 26.1. The number of aliphatic hydroxyl groups is 1. The minimum absolute atomic E-state index is 0.131. The molecule has 0 unspecified atom stereocenters. The lowest BCUT2D eigenvalue weighted by molar-refractivity contribution is -0.136. The number of fused-ring (bicyclic) bond motifs is 1. The zero-order valence-corrected chi connectivity index (χ0v) is 11.5. The number of benzene rings is 1. The lowest BCUT2D eigenvalue weighted by Crippen LogP contribution is -2.42. The number of aromatic nitrogens is 2. The molecule has 1 N–H and O–H groups in total. The number of hydrogen-bond acceptors (Lipinski definition) is 2. The van der Waals surface area contributed by atoms with E-state index in [1.807, 2.05) is 0 Å². The summed E-state index contributed by atoms with van der Waals surface area (Å²) in [7, 11) is 0. The van der Waals surface area contributed by atoms with E-state index in [9.17, 15) is 22.7 Å². The van der Waals surface area contributed by atoms with Crippen LogP contribution in [0.5, 0.6) is 0 Å². The molecule has 1 heterocycles. The van der Waals surface area contributed by atoms with E-state index >= 15 is 0 Å². The van der Waals surface area contributed by atoms with Crippen LogP contribution in [0.1, 0.15) is 36.9 Å². The van der Waals surface area contributed by atoms with Crippen molar-refractivity contribution in [1.29, 1.82) is 0 Å². The van der Waals surface area contributed by atoms with Crippen LogP contribution >= 0.6 is 0 Å². The summed E-state index contributed by atoms with van der Waals surface area (Å²) in [5.74, 6) is -0.911.